The topological polar surface area (TPSA) is 20.2 Å². The maximum Gasteiger partial charge on any atom is 0.0692 e. The van der Waals surface area contributed by atoms with E-state index >= 15 is 0 Å². The minimum atomic E-state index is -0.276. The summed E-state index contributed by atoms with van der Waals surface area (Å²) in [7, 11) is 0. The van der Waals surface area contributed by atoms with Gasteiger partial charge in [-0.25, -0.2) is 0 Å². The van der Waals surface area contributed by atoms with Gasteiger partial charge in [0.05, 0.1) is 6.10 Å². The van der Waals surface area contributed by atoms with Gasteiger partial charge in [0.2, 0.25) is 0 Å². The summed E-state index contributed by atoms with van der Waals surface area (Å²) < 4.78 is 0. The SMILES string of the molecule is CCCC=C[C@H](C)O. The first kappa shape index (κ1) is 7.70. The molecule has 0 radical (unpaired) electrons. The molecule has 0 aliphatic heterocycles. The highest BCUT2D eigenvalue weighted by Crippen LogP contribution is 1.90. The van der Waals surface area contributed by atoms with Gasteiger partial charge in [0.15, 0.2) is 0 Å². The molecule has 0 unspecified atom stereocenters. The van der Waals surface area contributed by atoms with E-state index < -0.39 is 0 Å². The molecule has 0 aromatic carbocycles. The van der Waals surface area contributed by atoms with Gasteiger partial charge in [0.1, 0.15) is 0 Å². The lowest BCUT2D eigenvalue weighted by Gasteiger charge is -1.90. The average Bonchev–Trinajstić information content (AvgIpc) is 1.66. The van der Waals surface area contributed by atoms with Gasteiger partial charge in [-0.2, -0.15) is 0 Å². The van der Waals surface area contributed by atoms with Crippen LogP contribution in [0.25, 0.3) is 0 Å². The van der Waals surface area contributed by atoms with Crippen LogP contribution in [0.5, 0.6) is 0 Å². The molecule has 0 aromatic heterocycles. The lowest BCUT2D eigenvalue weighted by Crippen LogP contribution is -1.90. The van der Waals surface area contributed by atoms with Gasteiger partial charge < -0.3 is 5.11 Å². The van der Waals surface area contributed by atoms with Crippen molar-refractivity contribution in [1.29, 1.82) is 0 Å². The minimum Gasteiger partial charge on any atom is -0.389 e. The Bertz CT molecular complexity index is 64.8. The Morgan fingerprint density at radius 2 is 2.25 bits per heavy atom. The third-order valence-corrected chi connectivity index (χ3v) is 0.870. The lowest BCUT2D eigenvalue weighted by atomic mass is 10.3. The molecule has 0 spiro atoms. The van der Waals surface area contributed by atoms with Crippen molar-refractivity contribution in [3.05, 3.63) is 12.2 Å². The highest BCUT2D eigenvalue weighted by Gasteiger charge is 1.81. The summed E-state index contributed by atoms with van der Waals surface area (Å²) in [6.45, 7) is 3.87. The van der Waals surface area contributed by atoms with E-state index in [0.717, 1.165) is 12.8 Å². The lowest BCUT2D eigenvalue weighted by molar-refractivity contribution is 0.244. The monoisotopic (exact) mass is 114 g/mol. The molecule has 0 amide bonds. The van der Waals surface area contributed by atoms with Crippen LogP contribution in [0, 0.1) is 0 Å². The summed E-state index contributed by atoms with van der Waals surface area (Å²) in [5, 5.41) is 8.69. The van der Waals surface area contributed by atoms with E-state index in [9.17, 15) is 0 Å². The smallest absolute Gasteiger partial charge is 0.0692 e. The van der Waals surface area contributed by atoms with Crippen LogP contribution in [0.1, 0.15) is 26.7 Å². The normalized spacial score (nSPS) is 14.9. The number of aliphatic hydroxyl groups excluding tert-OH is 1. The van der Waals surface area contributed by atoms with Crippen molar-refractivity contribution in [3.8, 4) is 0 Å². The fraction of sp³-hybridized carbons (Fsp3) is 0.714. The van der Waals surface area contributed by atoms with Gasteiger partial charge in [-0.15, -0.1) is 0 Å². The third kappa shape index (κ3) is 5.70. The molecule has 1 heteroatoms. The van der Waals surface area contributed by atoms with Gasteiger partial charge in [-0.05, 0) is 13.3 Å². The van der Waals surface area contributed by atoms with E-state index in [1.165, 1.54) is 0 Å². The second-order valence-electron chi connectivity index (χ2n) is 1.96. The van der Waals surface area contributed by atoms with Crippen LogP contribution in [-0.2, 0) is 0 Å². The summed E-state index contributed by atoms with van der Waals surface area (Å²) in [6.07, 6.45) is 5.77. The van der Waals surface area contributed by atoms with Gasteiger partial charge in [0, 0.05) is 0 Å². The van der Waals surface area contributed by atoms with E-state index in [2.05, 4.69) is 6.92 Å². The average molecular weight is 114 g/mol. The number of rotatable bonds is 3. The van der Waals surface area contributed by atoms with Crippen LogP contribution in [0.4, 0.5) is 0 Å². The summed E-state index contributed by atoms with van der Waals surface area (Å²) in [6, 6.07) is 0. The second kappa shape index (κ2) is 4.85. The Morgan fingerprint density at radius 3 is 2.62 bits per heavy atom. The molecule has 0 saturated heterocycles. The largest absolute Gasteiger partial charge is 0.389 e. The van der Waals surface area contributed by atoms with Crippen LogP contribution in [0.2, 0.25) is 0 Å². The Balaban J connectivity index is 3.07. The zero-order chi connectivity index (χ0) is 6.41. The molecule has 1 N–H and O–H groups in total. The third-order valence-electron chi connectivity index (χ3n) is 0.870. The molecule has 0 heterocycles. The molecule has 0 aromatic rings. The van der Waals surface area contributed by atoms with Crippen LogP contribution in [0.3, 0.4) is 0 Å². The Labute approximate surface area is 51.0 Å². The summed E-state index contributed by atoms with van der Waals surface area (Å²) in [4.78, 5) is 0. The molecule has 48 valence electrons. The predicted molar refractivity (Wildman–Crippen MR) is 35.7 cm³/mol. The van der Waals surface area contributed by atoms with Crippen LogP contribution in [0.15, 0.2) is 12.2 Å². The van der Waals surface area contributed by atoms with E-state index in [4.69, 9.17) is 5.11 Å². The van der Waals surface area contributed by atoms with E-state index in [1.807, 2.05) is 12.2 Å². The van der Waals surface area contributed by atoms with Crippen molar-refractivity contribution in [2.24, 2.45) is 0 Å². The van der Waals surface area contributed by atoms with E-state index in [1.54, 1.807) is 6.92 Å². The molecule has 1 atom stereocenters. The van der Waals surface area contributed by atoms with Gasteiger partial charge in [-0.1, -0.05) is 25.5 Å². The van der Waals surface area contributed by atoms with Gasteiger partial charge in [-0.3, -0.25) is 0 Å². The molecule has 0 fully saturated rings. The van der Waals surface area contributed by atoms with Gasteiger partial charge >= 0.3 is 0 Å². The molecule has 0 bridgehead atoms. The number of allylic oxidation sites excluding steroid dienone is 1. The maximum absolute atomic E-state index is 8.69. The molecular weight excluding hydrogens is 100 g/mol. The molecule has 0 rings (SSSR count). The van der Waals surface area contributed by atoms with Crippen molar-refractivity contribution >= 4 is 0 Å². The first-order chi connectivity index (χ1) is 3.77. The fourth-order valence-corrected chi connectivity index (χ4v) is 0.460. The number of unbranched alkanes of at least 4 members (excludes halogenated alkanes) is 1. The highest BCUT2D eigenvalue weighted by atomic mass is 16.3. The number of hydrogen-bond donors (Lipinski definition) is 1. The van der Waals surface area contributed by atoms with Crippen LogP contribution in [-0.4, -0.2) is 11.2 Å². The summed E-state index contributed by atoms with van der Waals surface area (Å²) in [5.74, 6) is 0. The molecule has 0 aliphatic carbocycles. The van der Waals surface area contributed by atoms with Crippen molar-refractivity contribution < 1.29 is 5.11 Å². The summed E-state index contributed by atoms with van der Waals surface area (Å²) in [5.41, 5.74) is 0. The number of aliphatic hydroxyl groups is 1. The first-order valence-electron chi connectivity index (χ1n) is 3.12. The van der Waals surface area contributed by atoms with Crippen molar-refractivity contribution in [3.63, 3.8) is 0 Å². The fourth-order valence-electron chi connectivity index (χ4n) is 0.460. The summed E-state index contributed by atoms with van der Waals surface area (Å²) >= 11 is 0. The van der Waals surface area contributed by atoms with Crippen LogP contribution < -0.4 is 0 Å². The van der Waals surface area contributed by atoms with Crippen molar-refractivity contribution in [1.82, 2.24) is 0 Å². The van der Waals surface area contributed by atoms with E-state index in [0.29, 0.717) is 0 Å². The molecular formula is C7H14O. The minimum absolute atomic E-state index is 0.276. The predicted octanol–water partition coefficient (Wildman–Crippen LogP) is 1.72. The van der Waals surface area contributed by atoms with E-state index in [-0.39, 0.29) is 6.10 Å². The number of hydrogen-bond acceptors (Lipinski definition) is 1. The van der Waals surface area contributed by atoms with Crippen molar-refractivity contribution in [2.75, 3.05) is 0 Å². The first-order valence-corrected chi connectivity index (χ1v) is 3.12. The Kier molecular flexibility index (Phi) is 4.67. The Hall–Kier alpha value is -0.300. The standard InChI is InChI=1S/C7H14O/c1-3-4-5-6-7(2)8/h5-8H,3-4H2,1-2H3/t7-/m0/s1. The van der Waals surface area contributed by atoms with Crippen LogP contribution >= 0.6 is 0 Å². The maximum atomic E-state index is 8.69. The Morgan fingerprint density at radius 1 is 1.62 bits per heavy atom. The zero-order valence-electron chi connectivity index (χ0n) is 5.59. The van der Waals surface area contributed by atoms with Crippen molar-refractivity contribution in [2.45, 2.75) is 32.8 Å². The molecule has 1 nitrogen and oxygen atoms in total. The zero-order valence-corrected chi connectivity index (χ0v) is 5.59. The second-order valence-corrected chi connectivity index (χ2v) is 1.96. The van der Waals surface area contributed by atoms with Gasteiger partial charge in [0.25, 0.3) is 0 Å². The molecule has 0 saturated carbocycles. The quantitative estimate of drug-likeness (QED) is 0.554. The molecule has 0 aliphatic rings. The molecule has 8 heavy (non-hydrogen) atoms. The highest BCUT2D eigenvalue weighted by molar-refractivity contribution is 4.85.